The van der Waals surface area contributed by atoms with Gasteiger partial charge in [0.05, 0.1) is 0 Å². The van der Waals surface area contributed by atoms with E-state index in [0.29, 0.717) is 0 Å². The van der Waals surface area contributed by atoms with Crippen molar-refractivity contribution in [3.63, 3.8) is 0 Å². The van der Waals surface area contributed by atoms with Crippen LogP contribution in [0.2, 0.25) is 0 Å². The van der Waals surface area contributed by atoms with Crippen LogP contribution in [0.4, 0.5) is 0 Å². The third kappa shape index (κ3) is 2.11. The van der Waals surface area contributed by atoms with Gasteiger partial charge in [-0.1, -0.05) is 29.5 Å². The van der Waals surface area contributed by atoms with Gasteiger partial charge in [0.25, 0.3) is 0 Å². The maximum Gasteiger partial charge on any atom is 0.182 e. The summed E-state index contributed by atoms with van der Waals surface area (Å²) in [5, 5.41) is 0. The first-order chi connectivity index (χ1) is 4.20. The monoisotopic (exact) mass is 235 g/mol. The van der Waals surface area contributed by atoms with E-state index in [1.54, 1.807) is 0 Å². The van der Waals surface area contributed by atoms with Crippen molar-refractivity contribution in [3.8, 4) is 0 Å². The van der Waals surface area contributed by atoms with Crippen LogP contribution in [0.3, 0.4) is 0 Å². The van der Waals surface area contributed by atoms with Gasteiger partial charge in [-0.3, -0.25) is 0 Å². The molecule has 1 nitrogen and oxygen atoms in total. The number of alkyl halides is 1. The fourth-order valence-corrected chi connectivity index (χ4v) is 1.91. The van der Waals surface area contributed by atoms with Gasteiger partial charge in [0.15, 0.2) is 7.98 Å². The average Bonchev–Trinajstić information content (AvgIpc) is 1.80. The van der Waals surface area contributed by atoms with Gasteiger partial charge in [-0.2, -0.15) is 0 Å². The van der Waals surface area contributed by atoms with Crippen molar-refractivity contribution in [2.45, 2.75) is 17.3 Å². The van der Waals surface area contributed by atoms with Crippen LogP contribution in [-0.4, -0.2) is 29.8 Å². The van der Waals surface area contributed by atoms with Gasteiger partial charge < -0.3 is 4.81 Å². The van der Waals surface area contributed by atoms with E-state index < -0.39 is 0 Å². The topological polar surface area (TPSA) is 3.24 Å². The van der Waals surface area contributed by atoms with Crippen LogP contribution >= 0.6 is 22.6 Å². The number of nitrogens with zero attached hydrogens (tertiary/aromatic N) is 1. The summed E-state index contributed by atoms with van der Waals surface area (Å²) in [6, 6.07) is 0. The molecule has 1 rings (SSSR count). The predicted molar refractivity (Wildman–Crippen MR) is 48.9 cm³/mol. The van der Waals surface area contributed by atoms with E-state index in [4.69, 9.17) is 7.98 Å². The molecule has 3 heteroatoms. The number of hydrogen-bond acceptors (Lipinski definition) is 1. The maximum absolute atomic E-state index is 5.62. The van der Waals surface area contributed by atoms with Crippen LogP contribution in [0.1, 0.15) is 13.3 Å². The fraction of sp³-hybridized carbons (Fsp3) is 1.00. The van der Waals surface area contributed by atoms with Crippen LogP contribution < -0.4 is 0 Å². The smallest absolute Gasteiger partial charge is 0.182 e. The number of halogens is 1. The summed E-state index contributed by atoms with van der Waals surface area (Å²) in [5.74, 6) is 0.852. The zero-order valence-electron chi connectivity index (χ0n) is 5.68. The van der Waals surface area contributed by atoms with Crippen LogP contribution in [0, 0.1) is 5.92 Å². The highest BCUT2D eigenvalue weighted by molar-refractivity contribution is 14.1. The standard InChI is InChI=1S/C6H11BIN/c1-5-2-3-9(7)4-6(5)8/h5-6H,2-4H2,1H3. The van der Waals surface area contributed by atoms with Crippen LogP contribution in [0.5, 0.6) is 0 Å². The van der Waals surface area contributed by atoms with Crippen molar-refractivity contribution in [1.82, 2.24) is 4.81 Å². The number of rotatable bonds is 0. The lowest BCUT2D eigenvalue weighted by atomic mass is 9.97. The SMILES string of the molecule is [B]N1CCC(C)C(I)C1. The molecule has 0 aromatic heterocycles. The lowest BCUT2D eigenvalue weighted by molar-refractivity contribution is 0.316. The Hall–Kier alpha value is 0.755. The van der Waals surface area contributed by atoms with Gasteiger partial charge in [0.1, 0.15) is 0 Å². The van der Waals surface area contributed by atoms with Gasteiger partial charge in [-0.15, -0.1) is 0 Å². The summed E-state index contributed by atoms with van der Waals surface area (Å²) < 4.78 is 0.751. The molecule has 1 saturated heterocycles. The summed E-state index contributed by atoms with van der Waals surface area (Å²) in [6.07, 6.45) is 1.25. The molecule has 1 fully saturated rings. The molecule has 1 heterocycles. The minimum absolute atomic E-state index is 0.751. The minimum atomic E-state index is 0.751. The van der Waals surface area contributed by atoms with E-state index in [9.17, 15) is 0 Å². The Bertz CT molecular complexity index is 99.1. The van der Waals surface area contributed by atoms with Gasteiger partial charge in [-0.05, 0) is 25.4 Å². The van der Waals surface area contributed by atoms with Gasteiger partial charge in [0.2, 0.25) is 0 Å². The molecular weight excluding hydrogens is 224 g/mol. The molecule has 0 N–H and O–H groups in total. The molecule has 0 saturated carbocycles. The molecule has 0 bridgehead atoms. The second kappa shape index (κ2) is 3.24. The third-order valence-electron chi connectivity index (χ3n) is 1.90. The van der Waals surface area contributed by atoms with E-state index >= 15 is 0 Å². The summed E-state index contributed by atoms with van der Waals surface area (Å²) in [6.45, 7) is 4.42. The molecular formula is C6H11BIN. The van der Waals surface area contributed by atoms with Gasteiger partial charge in [-0.25, -0.2) is 0 Å². The van der Waals surface area contributed by atoms with Crippen molar-refractivity contribution in [2.75, 3.05) is 13.1 Å². The average molecular weight is 235 g/mol. The first-order valence-corrected chi connectivity index (χ1v) is 4.58. The first-order valence-electron chi connectivity index (χ1n) is 3.34. The molecule has 0 aliphatic carbocycles. The zero-order chi connectivity index (χ0) is 6.85. The van der Waals surface area contributed by atoms with Crippen LogP contribution in [0.25, 0.3) is 0 Å². The van der Waals surface area contributed by atoms with Gasteiger partial charge >= 0.3 is 0 Å². The van der Waals surface area contributed by atoms with E-state index in [1.807, 2.05) is 4.81 Å². The highest BCUT2D eigenvalue weighted by atomic mass is 127. The summed E-state index contributed by atoms with van der Waals surface area (Å²) in [5.41, 5.74) is 0. The van der Waals surface area contributed by atoms with E-state index in [2.05, 4.69) is 29.5 Å². The molecule has 50 valence electrons. The quantitative estimate of drug-likeness (QED) is 0.346. The van der Waals surface area contributed by atoms with E-state index in [0.717, 1.165) is 22.9 Å². The molecule has 0 aromatic carbocycles. The molecule has 2 unspecified atom stereocenters. The van der Waals surface area contributed by atoms with Crippen molar-refractivity contribution < 1.29 is 0 Å². The van der Waals surface area contributed by atoms with Crippen molar-refractivity contribution in [1.29, 1.82) is 0 Å². The largest absolute Gasteiger partial charge is 0.353 e. The highest BCUT2D eigenvalue weighted by Gasteiger charge is 2.20. The molecule has 0 aromatic rings. The molecule has 2 radical (unpaired) electrons. The Balaban J connectivity index is 2.35. The summed E-state index contributed by atoms with van der Waals surface area (Å²) in [4.78, 5) is 1.91. The van der Waals surface area contributed by atoms with Crippen LogP contribution in [-0.2, 0) is 0 Å². The van der Waals surface area contributed by atoms with E-state index in [-0.39, 0.29) is 0 Å². The van der Waals surface area contributed by atoms with E-state index in [1.165, 1.54) is 6.42 Å². The Morgan fingerprint density at radius 2 is 2.33 bits per heavy atom. The minimum Gasteiger partial charge on any atom is -0.353 e. The zero-order valence-corrected chi connectivity index (χ0v) is 7.84. The summed E-state index contributed by atoms with van der Waals surface area (Å²) in [7, 11) is 5.62. The lowest BCUT2D eigenvalue weighted by Gasteiger charge is -2.31. The molecule has 0 amide bonds. The Morgan fingerprint density at radius 1 is 1.67 bits per heavy atom. The Morgan fingerprint density at radius 3 is 2.78 bits per heavy atom. The maximum atomic E-state index is 5.62. The molecule has 2 atom stereocenters. The predicted octanol–water partition coefficient (Wildman–Crippen LogP) is 1.22. The van der Waals surface area contributed by atoms with Crippen molar-refractivity contribution in [2.24, 2.45) is 5.92 Å². The molecule has 1 aliphatic rings. The van der Waals surface area contributed by atoms with Crippen LogP contribution in [0.15, 0.2) is 0 Å². The fourth-order valence-electron chi connectivity index (χ4n) is 1.05. The van der Waals surface area contributed by atoms with Gasteiger partial charge in [0, 0.05) is 3.92 Å². The number of hydrogen-bond donors (Lipinski definition) is 0. The Kier molecular flexibility index (Phi) is 2.83. The van der Waals surface area contributed by atoms with Crippen molar-refractivity contribution in [3.05, 3.63) is 0 Å². The number of piperidine rings is 1. The highest BCUT2D eigenvalue weighted by Crippen LogP contribution is 2.21. The lowest BCUT2D eigenvalue weighted by Crippen LogP contribution is -2.38. The first kappa shape index (κ1) is 7.86. The Labute approximate surface area is 71.8 Å². The normalized spacial score (nSPS) is 38.9. The second-order valence-corrected chi connectivity index (χ2v) is 4.38. The molecule has 0 spiro atoms. The second-order valence-electron chi connectivity index (χ2n) is 2.78. The molecule has 9 heavy (non-hydrogen) atoms. The third-order valence-corrected chi connectivity index (χ3v) is 3.52. The molecule has 1 aliphatic heterocycles. The summed E-state index contributed by atoms with van der Waals surface area (Å²) >= 11 is 2.48. The van der Waals surface area contributed by atoms with Crippen molar-refractivity contribution >= 4 is 30.6 Å².